The lowest BCUT2D eigenvalue weighted by atomic mass is 9.94. The van der Waals surface area contributed by atoms with Gasteiger partial charge in [-0.25, -0.2) is 4.98 Å². The Balaban J connectivity index is 1.68. The minimum atomic E-state index is -0.305. The first-order valence-electron chi connectivity index (χ1n) is 6.59. The van der Waals surface area contributed by atoms with Gasteiger partial charge in [0.15, 0.2) is 5.13 Å². The van der Waals surface area contributed by atoms with Gasteiger partial charge in [0.05, 0.1) is 10.2 Å². The average molecular weight is 275 g/mol. The molecular formula is C14H17N3OS. The molecule has 3 N–H and O–H groups in total. The number of amides is 1. The number of aromatic nitrogens is 1. The van der Waals surface area contributed by atoms with Gasteiger partial charge in [-0.15, -0.1) is 0 Å². The Hall–Kier alpha value is -1.46. The molecule has 0 unspecified atom stereocenters. The molecule has 1 aromatic carbocycles. The van der Waals surface area contributed by atoms with E-state index < -0.39 is 0 Å². The topological polar surface area (TPSA) is 68.0 Å². The summed E-state index contributed by atoms with van der Waals surface area (Å²) in [6.45, 7) is 0. The second-order valence-corrected chi connectivity index (χ2v) is 6.31. The molecule has 2 aromatic rings. The highest BCUT2D eigenvalue weighted by Gasteiger charge is 2.31. The van der Waals surface area contributed by atoms with E-state index in [1.807, 2.05) is 24.3 Å². The normalized spacial score (nSPS) is 17.7. The number of carbonyl (C=O) groups is 1. The van der Waals surface area contributed by atoms with E-state index in [0.29, 0.717) is 11.6 Å². The Kier molecular flexibility index (Phi) is 3.24. The number of nitrogens with zero attached hydrogens (tertiary/aromatic N) is 1. The number of hydrogen-bond acceptors (Lipinski definition) is 4. The van der Waals surface area contributed by atoms with Crippen molar-refractivity contribution < 1.29 is 4.79 Å². The zero-order valence-corrected chi connectivity index (χ0v) is 11.5. The van der Waals surface area contributed by atoms with Gasteiger partial charge in [-0.1, -0.05) is 36.3 Å². The molecule has 1 aliphatic carbocycles. The molecule has 4 nitrogen and oxygen atoms in total. The number of hydrogen-bond donors (Lipinski definition) is 2. The van der Waals surface area contributed by atoms with Crippen LogP contribution in [0.25, 0.3) is 10.2 Å². The number of nitrogens with one attached hydrogen (secondary N) is 1. The third-order valence-electron chi connectivity index (χ3n) is 3.65. The monoisotopic (exact) mass is 275 g/mol. The summed E-state index contributed by atoms with van der Waals surface area (Å²) in [7, 11) is 0. The van der Waals surface area contributed by atoms with Crippen molar-refractivity contribution in [1.29, 1.82) is 0 Å². The first-order valence-corrected chi connectivity index (χ1v) is 7.41. The molecule has 1 amide bonds. The fraction of sp³-hybridized carbons (Fsp3) is 0.429. The highest BCUT2D eigenvalue weighted by molar-refractivity contribution is 7.22. The van der Waals surface area contributed by atoms with E-state index in [-0.39, 0.29) is 11.4 Å². The van der Waals surface area contributed by atoms with Crippen LogP contribution in [0.1, 0.15) is 32.1 Å². The van der Waals surface area contributed by atoms with Crippen molar-refractivity contribution in [3.05, 3.63) is 24.3 Å². The van der Waals surface area contributed by atoms with E-state index >= 15 is 0 Å². The predicted molar refractivity (Wildman–Crippen MR) is 78.3 cm³/mol. The largest absolute Gasteiger partial charge is 0.325 e. The maximum absolute atomic E-state index is 12.0. The third kappa shape index (κ3) is 2.77. The van der Waals surface area contributed by atoms with E-state index in [0.717, 1.165) is 35.9 Å². The molecule has 0 bridgehead atoms. The fourth-order valence-corrected chi connectivity index (χ4v) is 3.55. The number of fused-ring (bicyclic) bond motifs is 1. The Labute approximate surface area is 116 Å². The summed E-state index contributed by atoms with van der Waals surface area (Å²) in [6, 6.07) is 7.87. The summed E-state index contributed by atoms with van der Waals surface area (Å²) >= 11 is 1.50. The number of benzene rings is 1. The van der Waals surface area contributed by atoms with E-state index in [9.17, 15) is 4.79 Å². The molecular weight excluding hydrogens is 258 g/mol. The highest BCUT2D eigenvalue weighted by Crippen LogP contribution is 2.31. The van der Waals surface area contributed by atoms with Gasteiger partial charge in [-0.2, -0.15) is 0 Å². The zero-order chi connectivity index (χ0) is 13.3. The van der Waals surface area contributed by atoms with Crippen molar-refractivity contribution in [2.75, 3.05) is 5.32 Å². The number of rotatable bonds is 3. The van der Waals surface area contributed by atoms with Crippen molar-refractivity contribution in [3.8, 4) is 0 Å². The second-order valence-electron chi connectivity index (χ2n) is 5.28. The van der Waals surface area contributed by atoms with Crippen molar-refractivity contribution in [2.45, 2.75) is 37.6 Å². The Bertz CT molecular complexity index is 569. The minimum absolute atomic E-state index is 0.0246. The Morgan fingerprint density at radius 1 is 1.37 bits per heavy atom. The van der Waals surface area contributed by atoms with Gasteiger partial charge in [0.25, 0.3) is 0 Å². The molecule has 0 saturated heterocycles. The van der Waals surface area contributed by atoms with Crippen molar-refractivity contribution in [3.63, 3.8) is 0 Å². The van der Waals surface area contributed by atoms with Crippen LogP contribution in [0.2, 0.25) is 0 Å². The van der Waals surface area contributed by atoms with Gasteiger partial charge >= 0.3 is 0 Å². The SMILES string of the molecule is NC1(CC(=O)Nc2nc3ccccc3s2)CCCC1. The molecule has 0 spiro atoms. The van der Waals surface area contributed by atoms with Crippen LogP contribution in [0.15, 0.2) is 24.3 Å². The van der Waals surface area contributed by atoms with E-state index in [1.165, 1.54) is 11.3 Å². The van der Waals surface area contributed by atoms with Crippen LogP contribution in [-0.2, 0) is 4.79 Å². The van der Waals surface area contributed by atoms with Gasteiger partial charge in [-0.05, 0) is 25.0 Å². The highest BCUT2D eigenvalue weighted by atomic mass is 32.1. The maximum atomic E-state index is 12.0. The summed E-state index contributed by atoms with van der Waals surface area (Å²) in [5, 5.41) is 3.53. The quantitative estimate of drug-likeness (QED) is 0.905. The van der Waals surface area contributed by atoms with Gasteiger partial charge in [0.1, 0.15) is 0 Å². The number of thiazole rings is 1. The van der Waals surface area contributed by atoms with E-state index in [4.69, 9.17) is 5.73 Å². The van der Waals surface area contributed by atoms with Crippen LogP contribution < -0.4 is 11.1 Å². The van der Waals surface area contributed by atoms with Crippen LogP contribution in [0, 0.1) is 0 Å². The molecule has 1 fully saturated rings. The lowest BCUT2D eigenvalue weighted by Crippen LogP contribution is -2.40. The molecule has 1 aliphatic rings. The lowest BCUT2D eigenvalue weighted by Gasteiger charge is -2.22. The van der Waals surface area contributed by atoms with E-state index in [1.54, 1.807) is 0 Å². The second kappa shape index (κ2) is 4.90. The zero-order valence-electron chi connectivity index (χ0n) is 10.7. The number of para-hydroxylation sites is 1. The van der Waals surface area contributed by atoms with Gasteiger partial charge in [-0.3, -0.25) is 4.79 Å². The molecule has 1 heterocycles. The van der Waals surface area contributed by atoms with Crippen LogP contribution in [-0.4, -0.2) is 16.4 Å². The Morgan fingerprint density at radius 2 is 2.11 bits per heavy atom. The number of nitrogens with two attached hydrogens (primary N) is 1. The molecule has 1 saturated carbocycles. The van der Waals surface area contributed by atoms with Gasteiger partial charge in [0.2, 0.25) is 5.91 Å². The molecule has 3 rings (SSSR count). The Morgan fingerprint density at radius 3 is 2.84 bits per heavy atom. The first-order chi connectivity index (χ1) is 9.15. The summed E-state index contributed by atoms with van der Waals surface area (Å²) in [6.07, 6.45) is 4.54. The number of carbonyl (C=O) groups excluding carboxylic acids is 1. The summed E-state index contributed by atoms with van der Waals surface area (Å²) < 4.78 is 1.08. The van der Waals surface area contributed by atoms with Crippen LogP contribution in [0.3, 0.4) is 0 Å². The van der Waals surface area contributed by atoms with E-state index in [2.05, 4.69) is 10.3 Å². The van der Waals surface area contributed by atoms with Crippen molar-refractivity contribution in [2.24, 2.45) is 5.73 Å². The van der Waals surface area contributed by atoms with Crippen LogP contribution in [0.4, 0.5) is 5.13 Å². The van der Waals surface area contributed by atoms with Gasteiger partial charge < -0.3 is 11.1 Å². The minimum Gasteiger partial charge on any atom is -0.325 e. The molecule has 5 heteroatoms. The third-order valence-corrected chi connectivity index (χ3v) is 4.60. The molecule has 0 atom stereocenters. The predicted octanol–water partition coefficient (Wildman–Crippen LogP) is 2.90. The standard InChI is InChI=1S/C14H17N3OS/c15-14(7-3-4-8-14)9-12(18)17-13-16-10-5-1-2-6-11(10)19-13/h1-2,5-6H,3-4,7-9,15H2,(H,16,17,18). The smallest absolute Gasteiger partial charge is 0.228 e. The van der Waals surface area contributed by atoms with Gasteiger partial charge in [0, 0.05) is 12.0 Å². The molecule has 100 valence electrons. The molecule has 0 aliphatic heterocycles. The first kappa shape index (κ1) is 12.6. The molecule has 19 heavy (non-hydrogen) atoms. The summed E-state index contributed by atoms with van der Waals surface area (Å²) in [5.74, 6) is -0.0246. The maximum Gasteiger partial charge on any atom is 0.228 e. The average Bonchev–Trinajstić information content (AvgIpc) is 2.94. The van der Waals surface area contributed by atoms with Crippen molar-refractivity contribution >= 4 is 32.6 Å². The molecule has 0 radical (unpaired) electrons. The van der Waals surface area contributed by atoms with Crippen LogP contribution >= 0.6 is 11.3 Å². The van der Waals surface area contributed by atoms with Crippen molar-refractivity contribution in [1.82, 2.24) is 4.98 Å². The summed E-state index contributed by atoms with van der Waals surface area (Å²) in [5.41, 5.74) is 6.83. The van der Waals surface area contributed by atoms with Crippen LogP contribution in [0.5, 0.6) is 0 Å². The molecule has 1 aromatic heterocycles. The number of anilines is 1. The lowest BCUT2D eigenvalue weighted by molar-refractivity contribution is -0.117. The summed E-state index contributed by atoms with van der Waals surface area (Å²) in [4.78, 5) is 16.4. The fourth-order valence-electron chi connectivity index (χ4n) is 2.66.